The molecule has 0 aliphatic carbocycles. The Bertz CT molecular complexity index is 1030. The molecule has 1 aromatic carbocycles. The van der Waals surface area contributed by atoms with Crippen molar-refractivity contribution in [1.29, 1.82) is 0 Å². The molecule has 2 amide bonds. The lowest BCUT2D eigenvalue weighted by molar-refractivity contribution is -0.138. The lowest BCUT2D eigenvalue weighted by atomic mass is 9.82. The second kappa shape index (κ2) is 7.02. The van der Waals surface area contributed by atoms with E-state index in [2.05, 4.69) is 0 Å². The summed E-state index contributed by atoms with van der Waals surface area (Å²) >= 11 is 5.94. The van der Waals surface area contributed by atoms with Crippen LogP contribution in [0, 0.1) is 11.8 Å². The SMILES string of the molecule is O=C([C@H]1CC(=O)N(c2ccc(Cl)cc2)C1)N1C[C@@H]2C[C@@H](C1)c1cccc(=O)n1C2. The topological polar surface area (TPSA) is 62.6 Å². The fourth-order valence-electron chi connectivity index (χ4n) is 5.08. The number of benzene rings is 1. The first-order chi connectivity index (χ1) is 14.0. The van der Waals surface area contributed by atoms with Crippen LogP contribution < -0.4 is 10.5 Å². The lowest BCUT2D eigenvalue weighted by Gasteiger charge is -2.43. The maximum absolute atomic E-state index is 13.2. The number of pyridine rings is 1. The molecule has 0 radical (unpaired) electrons. The predicted molar refractivity (Wildman–Crippen MR) is 110 cm³/mol. The van der Waals surface area contributed by atoms with Crippen molar-refractivity contribution in [3.05, 3.63) is 63.5 Å². The molecular weight excluding hydrogens is 390 g/mol. The Balaban J connectivity index is 1.32. The average Bonchev–Trinajstić information content (AvgIpc) is 3.10. The van der Waals surface area contributed by atoms with Gasteiger partial charge in [-0.3, -0.25) is 14.4 Å². The van der Waals surface area contributed by atoms with Gasteiger partial charge in [0, 0.05) is 61.0 Å². The Labute approximate surface area is 173 Å². The number of fused-ring (bicyclic) bond motifs is 4. The first kappa shape index (κ1) is 18.4. The summed E-state index contributed by atoms with van der Waals surface area (Å²) < 4.78 is 1.86. The number of carbonyl (C=O) groups is 2. The monoisotopic (exact) mass is 411 g/mol. The zero-order valence-corrected chi connectivity index (χ0v) is 16.7. The van der Waals surface area contributed by atoms with Crippen LogP contribution in [0.4, 0.5) is 5.69 Å². The number of anilines is 1. The smallest absolute Gasteiger partial charge is 0.250 e. The molecule has 29 heavy (non-hydrogen) atoms. The van der Waals surface area contributed by atoms with Gasteiger partial charge >= 0.3 is 0 Å². The number of hydrogen-bond donors (Lipinski definition) is 0. The second-order valence-electron chi connectivity index (χ2n) is 8.32. The minimum Gasteiger partial charge on any atom is -0.341 e. The third-order valence-corrected chi connectivity index (χ3v) is 6.66. The van der Waals surface area contributed by atoms with E-state index in [0.29, 0.717) is 31.2 Å². The van der Waals surface area contributed by atoms with Crippen molar-refractivity contribution in [3.8, 4) is 0 Å². The summed E-state index contributed by atoms with van der Waals surface area (Å²) in [6.07, 6.45) is 1.25. The molecule has 0 unspecified atom stereocenters. The van der Waals surface area contributed by atoms with Crippen LogP contribution >= 0.6 is 11.6 Å². The Morgan fingerprint density at radius 1 is 0.966 bits per heavy atom. The van der Waals surface area contributed by atoms with E-state index in [9.17, 15) is 14.4 Å². The van der Waals surface area contributed by atoms with Gasteiger partial charge in [0.05, 0.1) is 5.92 Å². The second-order valence-corrected chi connectivity index (χ2v) is 8.76. The van der Waals surface area contributed by atoms with Gasteiger partial charge in [-0.1, -0.05) is 17.7 Å². The molecule has 0 saturated carbocycles. The molecule has 0 spiro atoms. The van der Waals surface area contributed by atoms with E-state index in [0.717, 1.165) is 17.8 Å². The lowest BCUT2D eigenvalue weighted by Crippen LogP contribution is -2.50. The van der Waals surface area contributed by atoms with E-state index in [1.807, 2.05) is 27.7 Å². The highest BCUT2D eigenvalue weighted by atomic mass is 35.5. The number of piperidine rings is 1. The van der Waals surface area contributed by atoms with E-state index >= 15 is 0 Å². The first-order valence-corrected chi connectivity index (χ1v) is 10.4. The van der Waals surface area contributed by atoms with Crippen LogP contribution in [0.3, 0.4) is 0 Å². The van der Waals surface area contributed by atoms with Crippen LogP contribution in [0.15, 0.2) is 47.3 Å². The van der Waals surface area contributed by atoms with E-state index in [4.69, 9.17) is 11.6 Å². The van der Waals surface area contributed by atoms with Gasteiger partial charge in [0.2, 0.25) is 11.8 Å². The van der Waals surface area contributed by atoms with Gasteiger partial charge in [-0.2, -0.15) is 0 Å². The average molecular weight is 412 g/mol. The first-order valence-electron chi connectivity index (χ1n) is 10.0. The fourth-order valence-corrected chi connectivity index (χ4v) is 5.20. The van der Waals surface area contributed by atoms with Crippen LogP contribution in [0.2, 0.25) is 5.02 Å². The molecule has 150 valence electrons. The van der Waals surface area contributed by atoms with Gasteiger partial charge in [-0.25, -0.2) is 0 Å². The van der Waals surface area contributed by atoms with Gasteiger partial charge in [-0.05, 0) is 42.7 Å². The molecule has 3 aliphatic heterocycles. The Kier molecular flexibility index (Phi) is 4.46. The molecule has 3 aliphatic rings. The molecule has 0 N–H and O–H groups in total. The quantitative estimate of drug-likeness (QED) is 0.762. The summed E-state index contributed by atoms with van der Waals surface area (Å²) in [7, 11) is 0. The number of hydrogen-bond acceptors (Lipinski definition) is 3. The summed E-state index contributed by atoms with van der Waals surface area (Å²) in [5, 5.41) is 0.618. The highest BCUT2D eigenvalue weighted by molar-refractivity contribution is 6.30. The third kappa shape index (κ3) is 3.25. The predicted octanol–water partition coefficient (Wildman–Crippen LogP) is 2.50. The van der Waals surface area contributed by atoms with E-state index < -0.39 is 0 Å². The largest absolute Gasteiger partial charge is 0.341 e. The third-order valence-electron chi connectivity index (χ3n) is 6.40. The number of carbonyl (C=O) groups excluding carboxylic acids is 2. The van der Waals surface area contributed by atoms with Gasteiger partial charge in [0.15, 0.2) is 0 Å². The standard InChI is InChI=1S/C22H22ClN3O3/c23-17-4-6-18(7-5-17)25-13-16(9-21(25)28)22(29)24-10-14-8-15(12-24)19-2-1-3-20(27)26(19)11-14/h1-7,14-16H,8-13H2/t14-,15-,16-/m0/s1. The van der Waals surface area contributed by atoms with Crippen molar-refractivity contribution in [2.24, 2.45) is 11.8 Å². The van der Waals surface area contributed by atoms with Crippen molar-refractivity contribution in [2.75, 3.05) is 24.5 Å². The van der Waals surface area contributed by atoms with Crippen molar-refractivity contribution in [1.82, 2.24) is 9.47 Å². The Morgan fingerprint density at radius 3 is 2.55 bits per heavy atom. The summed E-state index contributed by atoms with van der Waals surface area (Å²) in [5.74, 6) is 0.172. The van der Waals surface area contributed by atoms with E-state index in [-0.39, 0.29) is 41.5 Å². The van der Waals surface area contributed by atoms with Crippen molar-refractivity contribution in [2.45, 2.75) is 25.3 Å². The maximum Gasteiger partial charge on any atom is 0.250 e. The minimum atomic E-state index is -0.324. The van der Waals surface area contributed by atoms with Crippen LogP contribution in [-0.2, 0) is 16.1 Å². The van der Waals surface area contributed by atoms with E-state index in [1.54, 1.807) is 29.2 Å². The van der Waals surface area contributed by atoms with Crippen LogP contribution in [0.25, 0.3) is 0 Å². The van der Waals surface area contributed by atoms with Gasteiger partial charge in [0.1, 0.15) is 0 Å². The normalized spacial score (nSPS) is 25.8. The molecule has 6 nitrogen and oxygen atoms in total. The minimum absolute atomic E-state index is 0.0280. The Hall–Kier alpha value is -2.60. The number of aromatic nitrogens is 1. The Morgan fingerprint density at radius 2 is 1.76 bits per heavy atom. The number of likely N-dealkylation sites (tertiary alicyclic amines) is 1. The van der Waals surface area contributed by atoms with Crippen LogP contribution in [-0.4, -0.2) is 40.9 Å². The molecular formula is C22H22ClN3O3. The number of nitrogens with zero attached hydrogens (tertiary/aromatic N) is 3. The number of halogens is 1. The molecule has 1 aromatic heterocycles. The molecule has 4 heterocycles. The van der Waals surface area contributed by atoms with Crippen molar-refractivity contribution in [3.63, 3.8) is 0 Å². The van der Waals surface area contributed by atoms with Crippen molar-refractivity contribution < 1.29 is 9.59 Å². The molecule has 3 atom stereocenters. The summed E-state index contributed by atoms with van der Waals surface area (Å²) in [4.78, 5) is 41.6. The highest BCUT2D eigenvalue weighted by Crippen LogP contribution is 2.36. The fraction of sp³-hybridized carbons (Fsp3) is 0.409. The molecule has 2 saturated heterocycles. The van der Waals surface area contributed by atoms with Crippen LogP contribution in [0.5, 0.6) is 0 Å². The molecule has 2 aromatic rings. The zero-order valence-electron chi connectivity index (χ0n) is 16.0. The molecule has 7 heteroatoms. The molecule has 2 fully saturated rings. The highest BCUT2D eigenvalue weighted by Gasteiger charge is 2.41. The summed E-state index contributed by atoms with van der Waals surface area (Å²) in [6.45, 7) is 2.34. The maximum atomic E-state index is 13.2. The summed E-state index contributed by atoms with van der Waals surface area (Å²) in [5.41, 5.74) is 1.84. The molecule has 5 rings (SSSR count). The van der Waals surface area contributed by atoms with Gasteiger partial charge < -0.3 is 14.4 Å². The van der Waals surface area contributed by atoms with E-state index in [1.165, 1.54) is 0 Å². The van der Waals surface area contributed by atoms with Gasteiger partial charge in [0.25, 0.3) is 5.56 Å². The van der Waals surface area contributed by atoms with Crippen molar-refractivity contribution >= 4 is 29.1 Å². The zero-order chi connectivity index (χ0) is 20.1. The molecule has 2 bridgehead atoms. The number of rotatable bonds is 2. The number of amides is 2. The van der Waals surface area contributed by atoms with Crippen LogP contribution in [0.1, 0.15) is 24.5 Å². The van der Waals surface area contributed by atoms with Gasteiger partial charge in [-0.15, -0.1) is 0 Å². The summed E-state index contributed by atoms with van der Waals surface area (Å²) in [6, 6.07) is 12.5.